The van der Waals surface area contributed by atoms with Crippen molar-refractivity contribution in [2.75, 3.05) is 0 Å². The molecule has 1 heteroatoms. The highest BCUT2D eigenvalue weighted by molar-refractivity contribution is 4.81. The lowest BCUT2D eigenvalue weighted by Gasteiger charge is -2.02. The van der Waals surface area contributed by atoms with Gasteiger partial charge in [-0.1, -0.05) is 64.0 Å². The summed E-state index contributed by atoms with van der Waals surface area (Å²) in [4.78, 5) is 0. The highest BCUT2D eigenvalue weighted by Gasteiger charge is 1.94. The quantitative estimate of drug-likeness (QED) is 0.334. The third kappa shape index (κ3) is 15.7. The van der Waals surface area contributed by atoms with Crippen LogP contribution in [0.3, 0.4) is 0 Å². The van der Waals surface area contributed by atoms with Crippen LogP contribution < -0.4 is 0 Å². The second kappa shape index (κ2) is 14.8. The summed E-state index contributed by atoms with van der Waals surface area (Å²) in [5, 5.41) is 9.12. The Labute approximate surface area is 115 Å². The van der Waals surface area contributed by atoms with Crippen molar-refractivity contribution in [1.29, 1.82) is 0 Å². The second-order valence-electron chi connectivity index (χ2n) is 5.51. The summed E-state index contributed by atoms with van der Waals surface area (Å²) in [6.45, 7) is 4.14. The molecule has 0 aromatic rings. The number of aliphatic hydroxyl groups excluding tert-OH is 1. The number of aliphatic hydroxyl groups is 1. The Balaban J connectivity index is 3.04. The van der Waals surface area contributed by atoms with Crippen molar-refractivity contribution in [3.8, 4) is 0 Å². The largest absolute Gasteiger partial charge is 0.393 e. The van der Waals surface area contributed by atoms with Gasteiger partial charge in [-0.15, -0.1) is 0 Å². The van der Waals surface area contributed by atoms with Crippen LogP contribution in [0.1, 0.15) is 90.9 Å². The van der Waals surface area contributed by atoms with Crippen molar-refractivity contribution < 1.29 is 5.11 Å². The van der Waals surface area contributed by atoms with Gasteiger partial charge in [0, 0.05) is 0 Å². The van der Waals surface area contributed by atoms with Crippen LogP contribution in [0.4, 0.5) is 0 Å². The van der Waals surface area contributed by atoms with Gasteiger partial charge in [0.2, 0.25) is 0 Å². The summed E-state index contributed by atoms with van der Waals surface area (Å²) in [6, 6.07) is 0. The molecule has 1 N–H and O–H groups in total. The van der Waals surface area contributed by atoms with Gasteiger partial charge in [0.05, 0.1) is 6.10 Å². The van der Waals surface area contributed by atoms with E-state index in [1.165, 1.54) is 70.6 Å². The van der Waals surface area contributed by atoms with Crippen molar-refractivity contribution in [2.45, 2.75) is 97.0 Å². The van der Waals surface area contributed by atoms with E-state index < -0.39 is 0 Å². The van der Waals surface area contributed by atoms with Crippen LogP contribution in [0, 0.1) is 0 Å². The van der Waals surface area contributed by atoms with Gasteiger partial charge < -0.3 is 5.11 Å². The first-order valence-corrected chi connectivity index (χ1v) is 8.10. The molecule has 1 unspecified atom stereocenters. The van der Waals surface area contributed by atoms with Crippen LogP contribution in [0.25, 0.3) is 0 Å². The van der Waals surface area contributed by atoms with Gasteiger partial charge in [-0.2, -0.15) is 0 Å². The number of hydrogen-bond donors (Lipinski definition) is 1. The predicted molar refractivity (Wildman–Crippen MR) is 81.9 cm³/mol. The molecule has 0 rings (SSSR count). The van der Waals surface area contributed by atoms with Crippen molar-refractivity contribution >= 4 is 0 Å². The maximum atomic E-state index is 9.12. The minimum absolute atomic E-state index is 0.113. The van der Waals surface area contributed by atoms with E-state index in [-0.39, 0.29) is 6.10 Å². The smallest absolute Gasteiger partial charge is 0.0512 e. The lowest BCUT2D eigenvalue weighted by atomic mass is 10.1. The topological polar surface area (TPSA) is 20.2 Å². The number of hydrogen-bond acceptors (Lipinski definition) is 1. The van der Waals surface area contributed by atoms with Gasteiger partial charge in [-0.05, 0) is 39.0 Å². The molecule has 0 aromatic carbocycles. The summed E-state index contributed by atoms with van der Waals surface area (Å²) in [7, 11) is 0. The first kappa shape index (κ1) is 17.7. The van der Waals surface area contributed by atoms with Crippen LogP contribution in [0.2, 0.25) is 0 Å². The van der Waals surface area contributed by atoms with E-state index in [0.717, 1.165) is 6.42 Å². The highest BCUT2D eigenvalue weighted by Crippen LogP contribution is 2.09. The molecule has 0 bridgehead atoms. The van der Waals surface area contributed by atoms with E-state index >= 15 is 0 Å². The third-order valence-electron chi connectivity index (χ3n) is 3.38. The number of allylic oxidation sites excluding steroid dienone is 2. The SMILES string of the molecule is CCCCCCC/C=C\CCCCCCC(C)O. The molecule has 0 fully saturated rings. The zero-order chi connectivity index (χ0) is 13.5. The molecule has 0 amide bonds. The number of unbranched alkanes of at least 4 members (excludes halogenated alkanes) is 9. The molecule has 0 aliphatic carbocycles. The van der Waals surface area contributed by atoms with Crippen molar-refractivity contribution in [3.05, 3.63) is 12.2 Å². The summed E-state index contributed by atoms with van der Waals surface area (Å²) in [5.74, 6) is 0. The third-order valence-corrected chi connectivity index (χ3v) is 3.38. The van der Waals surface area contributed by atoms with Crippen LogP contribution >= 0.6 is 0 Å². The van der Waals surface area contributed by atoms with Gasteiger partial charge in [0.15, 0.2) is 0 Å². The Hall–Kier alpha value is -0.300. The zero-order valence-electron chi connectivity index (χ0n) is 12.7. The normalized spacial score (nSPS) is 13.3. The van der Waals surface area contributed by atoms with E-state index in [9.17, 15) is 0 Å². The Morgan fingerprint density at radius 1 is 0.778 bits per heavy atom. The van der Waals surface area contributed by atoms with Crippen molar-refractivity contribution in [2.24, 2.45) is 0 Å². The zero-order valence-corrected chi connectivity index (χ0v) is 12.7. The molecule has 108 valence electrons. The van der Waals surface area contributed by atoms with E-state index in [0.29, 0.717) is 0 Å². The highest BCUT2D eigenvalue weighted by atomic mass is 16.3. The fraction of sp³-hybridized carbons (Fsp3) is 0.882. The number of rotatable bonds is 13. The maximum absolute atomic E-state index is 9.12. The maximum Gasteiger partial charge on any atom is 0.0512 e. The molecule has 0 saturated heterocycles. The molecule has 0 radical (unpaired) electrons. The first-order chi connectivity index (χ1) is 8.77. The molecule has 0 aliphatic heterocycles. The second-order valence-corrected chi connectivity index (χ2v) is 5.51. The van der Waals surface area contributed by atoms with E-state index in [1.54, 1.807) is 0 Å². The van der Waals surface area contributed by atoms with Crippen molar-refractivity contribution in [3.63, 3.8) is 0 Å². The molecule has 0 spiro atoms. The monoisotopic (exact) mass is 254 g/mol. The molecule has 0 aliphatic rings. The Morgan fingerprint density at radius 3 is 1.78 bits per heavy atom. The fourth-order valence-electron chi connectivity index (χ4n) is 2.16. The molecule has 0 heterocycles. The van der Waals surface area contributed by atoms with Gasteiger partial charge >= 0.3 is 0 Å². The van der Waals surface area contributed by atoms with E-state index in [2.05, 4.69) is 19.1 Å². The fourth-order valence-corrected chi connectivity index (χ4v) is 2.16. The van der Waals surface area contributed by atoms with Gasteiger partial charge in [-0.3, -0.25) is 0 Å². The molecular weight excluding hydrogens is 220 g/mol. The van der Waals surface area contributed by atoms with E-state index in [4.69, 9.17) is 5.11 Å². The summed E-state index contributed by atoms with van der Waals surface area (Å²) < 4.78 is 0. The minimum Gasteiger partial charge on any atom is -0.393 e. The van der Waals surface area contributed by atoms with Crippen LogP contribution in [-0.4, -0.2) is 11.2 Å². The van der Waals surface area contributed by atoms with Crippen LogP contribution in [0.5, 0.6) is 0 Å². The Kier molecular flexibility index (Phi) is 14.5. The first-order valence-electron chi connectivity index (χ1n) is 8.10. The molecule has 0 aromatic heterocycles. The molecule has 1 atom stereocenters. The van der Waals surface area contributed by atoms with E-state index in [1.807, 2.05) is 6.92 Å². The van der Waals surface area contributed by atoms with Gasteiger partial charge in [0.1, 0.15) is 0 Å². The van der Waals surface area contributed by atoms with Crippen molar-refractivity contribution in [1.82, 2.24) is 0 Å². The molecular formula is C17H34O. The predicted octanol–water partition coefficient (Wildman–Crippen LogP) is 5.62. The van der Waals surface area contributed by atoms with Gasteiger partial charge in [0.25, 0.3) is 0 Å². The van der Waals surface area contributed by atoms with Gasteiger partial charge in [-0.25, -0.2) is 0 Å². The molecule has 18 heavy (non-hydrogen) atoms. The lowest BCUT2D eigenvalue weighted by molar-refractivity contribution is 0.180. The Bertz CT molecular complexity index is 172. The van der Waals surface area contributed by atoms with Crippen LogP contribution in [-0.2, 0) is 0 Å². The van der Waals surface area contributed by atoms with Crippen LogP contribution in [0.15, 0.2) is 12.2 Å². The molecule has 1 nitrogen and oxygen atoms in total. The minimum atomic E-state index is -0.113. The summed E-state index contributed by atoms with van der Waals surface area (Å²) >= 11 is 0. The molecule has 0 saturated carbocycles. The summed E-state index contributed by atoms with van der Waals surface area (Å²) in [5.41, 5.74) is 0. The average molecular weight is 254 g/mol. The Morgan fingerprint density at radius 2 is 1.28 bits per heavy atom. The lowest BCUT2D eigenvalue weighted by Crippen LogP contribution is -1.98. The average Bonchev–Trinajstić information content (AvgIpc) is 2.34. The summed E-state index contributed by atoms with van der Waals surface area (Å²) in [6.07, 6.45) is 20.1. The standard InChI is InChI=1S/C17H34O/c1-3-4-5-6-7-8-9-10-11-12-13-14-15-16-17(2)18/h9-10,17-18H,3-8,11-16H2,1-2H3/b10-9-.